The molecule has 1 aromatic carbocycles. The fourth-order valence-corrected chi connectivity index (χ4v) is 3.68. The summed E-state index contributed by atoms with van der Waals surface area (Å²) >= 11 is 1.72. The molecule has 2 aromatic rings. The number of rotatable bonds is 4. The zero-order valence-electron chi connectivity index (χ0n) is 12.0. The second-order valence-corrected chi connectivity index (χ2v) is 6.05. The highest BCUT2D eigenvalue weighted by atomic mass is 32.1. The van der Waals surface area contributed by atoms with Crippen LogP contribution in [0.15, 0.2) is 29.6 Å². The van der Waals surface area contributed by atoms with E-state index in [0.717, 1.165) is 17.9 Å². The normalized spacial score (nSPS) is 18.4. The minimum absolute atomic E-state index is 0.199. The number of hydrogen-bond acceptors (Lipinski definition) is 4. The van der Waals surface area contributed by atoms with Crippen LogP contribution in [0, 0.1) is 0 Å². The van der Waals surface area contributed by atoms with Crippen molar-refractivity contribution in [1.29, 1.82) is 0 Å². The standard InChI is InChI=1S/C16H19NO2S/c1-10-6-12-7-11(4-5-14(12)19-10)16(17-2)15-8-13(18-3)9-20-15/h4-5,7-10,16-17H,6H2,1-3H3. The summed E-state index contributed by atoms with van der Waals surface area (Å²) in [4.78, 5) is 1.26. The van der Waals surface area contributed by atoms with Gasteiger partial charge in [0.05, 0.1) is 13.2 Å². The number of ether oxygens (including phenoxy) is 2. The smallest absolute Gasteiger partial charge is 0.129 e. The topological polar surface area (TPSA) is 30.5 Å². The van der Waals surface area contributed by atoms with Crippen molar-refractivity contribution in [1.82, 2.24) is 5.32 Å². The van der Waals surface area contributed by atoms with Crippen molar-refractivity contribution in [3.05, 3.63) is 45.6 Å². The van der Waals surface area contributed by atoms with Gasteiger partial charge in [0.1, 0.15) is 17.6 Å². The first-order valence-electron chi connectivity index (χ1n) is 6.80. The fraction of sp³-hybridized carbons (Fsp3) is 0.375. The molecular weight excluding hydrogens is 270 g/mol. The number of benzene rings is 1. The number of thiophene rings is 1. The molecule has 3 rings (SSSR count). The first-order valence-corrected chi connectivity index (χ1v) is 7.68. The average Bonchev–Trinajstić information content (AvgIpc) is 3.04. The molecule has 0 saturated heterocycles. The van der Waals surface area contributed by atoms with Gasteiger partial charge in [0, 0.05) is 16.7 Å². The molecule has 4 heteroatoms. The minimum Gasteiger partial charge on any atom is -0.496 e. The maximum absolute atomic E-state index is 5.76. The van der Waals surface area contributed by atoms with Crippen LogP contribution in [0.25, 0.3) is 0 Å². The molecule has 0 fully saturated rings. The lowest BCUT2D eigenvalue weighted by atomic mass is 10.0. The van der Waals surface area contributed by atoms with Gasteiger partial charge in [0.15, 0.2) is 0 Å². The van der Waals surface area contributed by atoms with Crippen LogP contribution in [0.2, 0.25) is 0 Å². The van der Waals surface area contributed by atoms with Crippen LogP contribution in [-0.2, 0) is 6.42 Å². The van der Waals surface area contributed by atoms with Crippen LogP contribution < -0.4 is 14.8 Å². The summed E-state index contributed by atoms with van der Waals surface area (Å²) in [5.41, 5.74) is 2.58. The predicted octanol–water partition coefficient (Wildman–Crippen LogP) is 3.39. The first-order chi connectivity index (χ1) is 9.71. The average molecular weight is 289 g/mol. The highest BCUT2D eigenvalue weighted by Crippen LogP contribution is 2.35. The van der Waals surface area contributed by atoms with Gasteiger partial charge in [-0.3, -0.25) is 0 Å². The maximum atomic E-state index is 5.76. The maximum Gasteiger partial charge on any atom is 0.129 e. The number of hydrogen-bond donors (Lipinski definition) is 1. The molecule has 1 aliphatic rings. The van der Waals surface area contributed by atoms with E-state index in [4.69, 9.17) is 9.47 Å². The van der Waals surface area contributed by atoms with Crippen LogP contribution in [0.3, 0.4) is 0 Å². The van der Waals surface area contributed by atoms with Crippen molar-refractivity contribution in [2.45, 2.75) is 25.5 Å². The van der Waals surface area contributed by atoms with Gasteiger partial charge in [0.2, 0.25) is 0 Å². The lowest BCUT2D eigenvalue weighted by molar-refractivity contribution is 0.254. The highest BCUT2D eigenvalue weighted by Gasteiger charge is 2.22. The Bertz CT molecular complexity index is 608. The summed E-state index contributed by atoms with van der Waals surface area (Å²) in [7, 11) is 3.69. The zero-order chi connectivity index (χ0) is 14.1. The summed E-state index contributed by atoms with van der Waals surface area (Å²) in [5, 5.41) is 5.43. The Balaban J connectivity index is 1.92. The summed E-state index contributed by atoms with van der Waals surface area (Å²) in [5.74, 6) is 1.95. The van der Waals surface area contributed by atoms with Crippen molar-refractivity contribution >= 4 is 11.3 Å². The van der Waals surface area contributed by atoms with Crippen molar-refractivity contribution in [2.24, 2.45) is 0 Å². The Labute approximate surface area is 123 Å². The SMILES string of the molecule is CNC(c1ccc2c(c1)CC(C)O2)c1cc(OC)cs1. The van der Waals surface area contributed by atoms with E-state index in [1.807, 2.05) is 12.4 Å². The third kappa shape index (κ3) is 2.41. The van der Waals surface area contributed by atoms with Gasteiger partial charge < -0.3 is 14.8 Å². The van der Waals surface area contributed by atoms with E-state index in [-0.39, 0.29) is 12.1 Å². The molecule has 0 amide bonds. The minimum atomic E-state index is 0.199. The molecule has 1 aliphatic heterocycles. The molecule has 0 saturated carbocycles. The summed E-state index contributed by atoms with van der Waals surface area (Å²) in [6, 6.07) is 8.78. The predicted molar refractivity (Wildman–Crippen MR) is 82.0 cm³/mol. The van der Waals surface area contributed by atoms with Crippen molar-refractivity contribution < 1.29 is 9.47 Å². The Morgan fingerprint density at radius 3 is 2.95 bits per heavy atom. The van der Waals surface area contributed by atoms with E-state index in [2.05, 4.69) is 36.5 Å². The van der Waals surface area contributed by atoms with Gasteiger partial charge in [-0.05, 0) is 37.2 Å². The van der Waals surface area contributed by atoms with Crippen LogP contribution in [0.1, 0.15) is 29.0 Å². The molecule has 0 radical (unpaired) electrons. The zero-order valence-corrected chi connectivity index (χ0v) is 12.8. The van der Waals surface area contributed by atoms with Gasteiger partial charge in [0.25, 0.3) is 0 Å². The Hall–Kier alpha value is -1.52. The summed E-state index contributed by atoms with van der Waals surface area (Å²) in [6.07, 6.45) is 1.28. The Morgan fingerprint density at radius 2 is 2.25 bits per heavy atom. The Kier molecular flexibility index (Phi) is 3.68. The van der Waals surface area contributed by atoms with Crippen LogP contribution in [0.5, 0.6) is 11.5 Å². The number of fused-ring (bicyclic) bond motifs is 1. The monoisotopic (exact) mass is 289 g/mol. The van der Waals surface area contributed by atoms with Gasteiger partial charge in [-0.15, -0.1) is 11.3 Å². The molecule has 2 atom stereocenters. The molecular formula is C16H19NO2S. The fourth-order valence-electron chi connectivity index (χ4n) is 2.69. The van der Waals surface area contributed by atoms with Crippen LogP contribution in [-0.4, -0.2) is 20.3 Å². The van der Waals surface area contributed by atoms with E-state index < -0.39 is 0 Å². The lowest BCUT2D eigenvalue weighted by Gasteiger charge is -2.15. The van der Waals surface area contributed by atoms with Crippen molar-refractivity contribution in [3.63, 3.8) is 0 Å². The van der Waals surface area contributed by atoms with Crippen molar-refractivity contribution in [3.8, 4) is 11.5 Å². The lowest BCUT2D eigenvalue weighted by Crippen LogP contribution is -2.16. The molecule has 2 unspecified atom stereocenters. The summed E-state index contributed by atoms with van der Waals surface area (Å²) in [6.45, 7) is 2.11. The molecule has 1 N–H and O–H groups in total. The molecule has 2 heterocycles. The molecule has 106 valence electrons. The molecule has 0 spiro atoms. The van der Waals surface area contributed by atoms with Gasteiger partial charge in [-0.25, -0.2) is 0 Å². The Morgan fingerprint density at radius 1 is 1.40 bits per heavy atom. The third-order valence-electron chi connectivity index (χ3n) is 3.66. The third-order valence-corrected chi connectivity index (χ3v) is 4.63. The van der Waals surface area contributed by atoms with Gasteiger partial charge >= 0.3 is 0 Å². The number of nitrogens with one attached hydrogen (secondary N) is 1. The largest absolute Gasteiger partial charge is 0.496 e. The summed E-state index contributed by atoms with van der Waals surface area (Å²) < 4.78 is 11.0. The van der Waals surface area contributed by atoms with Crippen LogP contribution >= 0.6 is 11.3 Å². The molecule has 0 bridgehead atoms. The van der Waals surface area contributed by atoms with E-state index in [9.17, 15) is 0 Å². The second-order valence-electron chi connectivity index (χ2n) is 5.11. The van der Waals surface area contributed by atoms with Gasteiger partial charge in [-0.2, -0.15) is 0 Å². The second kappa shape index (κ2) is 5.46. The van der Waals surface area contributed by atoms with E-state index in [1.54, 1.807) is 18.4 Å². The molecule has 3 nitrogen and oxygen atoms in total. The molecule has 1 aromatic heterocycles. The molecule has 20 heavy (non-hydrogen) atoms. The molecule has 0 aliphatic carbocycles. The first kappa shape index (κ1) is 13.5. The van der Waals surface area contributed by atoms with E-state index in [0.29, 0.717) is 0 Å². The van der Waals surface area contributed by atoms with Gasteiger partial charge in [-0.1, -0.05) is 12.1 Å². The van der Waals surface area contributed by atoms with Crippen molar-refractivity contribution in [2.75, 3.05) is 14.2 Å². The quantitative estimate of drug-likeness (QED) is 0.936. The van der Waals surface area contributed by atoms with E-state index in [1.165, 1.54) is 16.0 Å². The van der Waals surface area contributed by atoms with Crippen LogP contribution in [0.4, 0.5) is 0 Å². The highest BCUT2D eigenvalue weighted by molar-refractivity contribution is 7.10. The number of methoxy groups -OCH3 is 1. The van der Waals surface area contributed by atoms with E-state index >= 15 is 0 Å².